The maximum absolute atomic E-state index is 12.7. The molecule has 2 unspecified atom stereocenters. The fourth-order valence-electron chi connectivity index (χ4n) is 4.00. The van der Waals surface area contributed by atoms with E-state index in [1.165, 1.54) is 0 Å². The quantitative estimate of drug-likeness (QED) is 0.602. The van der Waals surface area contributed by atoms with Gasteiger partial charge in [0.05, 0.1) is 0 Å². The van der Waals surface area contributed by atoms with E-state index in [0.717, 1.165) is 30.3 Å². The molecule has 104 valence electrons. The van der Waals surface area contributed by atoms with Crippen LogP contribution in [0.4, 0.5) is 0 Å². The van der Waals surface area contributed by atoms with Crippen molar-refractivity contribution in [3.05, 3.63) is 41.0 Å². The third-order valence-corrected chi connectivity index (χ3v) is 5.73. The molecule has 2 fully saturated rings. The van der Waals surface area contributed by atoms with Crippen LogP contribution in [0.1, 0.15) is 49.5 Å². The van der Waals surface area contributed by atoms with E-state index in [9.17, 15) is 9.59 Å². The minimum atomic E-state index is -0.216. The molecule has 2 aliphatic carbocycles. The number of ketones is 1. The minimum Gasteiger partial charge on any atom is -0.298 e. The Labute approximate surface area is 119 Å². The molecule has 0 spiro atoms. The summed E-state index contributed by atoms with van der Waals surface area (Å²) in [6.45, 7) is 6.54. The third-order valence-electron chi connectivity index (χ3n) is 5.73. The van der Waals surface area contributed by atoms with Crippen LogP contribution >= 0.6 is 0 Å². The van der Waals surface area contributed by atoms with Crippen LogP contribution in [0.15, 0.2) is 29.8 Å². The van der Waals surface area contributed by atoms with Crippen LogP contribution in [-0.2, 0) is 4.79 Å². The minimum absolute atomic E-state index is 0.0399. The molecule has 1 aromatic rings. The van der Waals surface area contributed by atoms with Gasteiger partial charge < -0.3 is 0 Å². The Morgan fingerprint density at radius 1 is 1.20 bits per heavy atom. The van der Waals surface area contributed by atoms with Crippen LogP contribution in [0.2, 0.25) is 0 Å². The Morgan fingerprint density at radius 3 is 2.50 bits per heavy atom. The number of fused-ring (bicyclic) bond motifs is 2. The van der Waals surface area contributed by atoms with E-state index in [-0.39, 0.29) is 10.8 Å². The van der Waals surface area contributed by atoms with Gasteiger partial charge in [-0.3, -0.25) is 9.59 Å². The van der Waals surface area contributed by atoms with E-state index < -0.39 is 0 Å². The van der Waals surface area contributed by atoms with Gasteiger partial charge in [0.1, 0.15) is 6.29 Å². The van der Waals surface area contributed by atoms with E-state index in [2.05, 4.69) is 20.8 Å². The van der Waals surface area contributed by atoms with Crippen LogP contribution in [-0.4, -0.2) is 12.1 Å². The molecule has 2 saturated carbocycles. The predicted octanol–water partition coefficient (Wildman–Crippen LogP) is 3.91. The van der Waals surface area contributed by atoms with Crippen LogP contribution in [0, 0.1) is 16.7 Å². The second-order valence-electron chi connectivity index (χ2n) is 6.86. The number of rotatable bonds is 2. The topological polar surface area (TPSA) is 34.1 Å². The first kappa shape index (κ1) is 13.3. The summed E-state index contributed by atoms with van der Waals surface area (Å²) in [5.41, 5.74) is 2.38. The van der Waals surface area contributed by atoms with Crippen LogP contribution in [0.3, 0.4) is 0 Å². The molecule has 0 amide bonds. The molecule has 0 aromatic heterocycles. The average Bonchev–Trinajstić information content (AvgIpc) is 2.73. The largest absolute Gasteiger partial charge is 0.298 e. The Bertz CT molecular complexity index is 624. The number of aldehydes is 1. The maximum Gasteiger partial charge on any atom is 0.165 e. The van der Waals surface area contributed by atoms with Crippen molar-refractivity contribution in [2.75, 3.05) is 0 Å². The van der Waals surface area contributed by atoms with Crippen LogP contribution in [0.5, 0.6) is 0 Å². The molecule has 0 N–H and O–H groups in total. The molecule has 2 bridgehead atoms. The summed E-state index contributed by atoms with van der Waals surface area (Å²) in [4.78, 5) is 23.6. The number of benzene rings is 1. The summed E-state index contributed by atoms with van der Waals surface area (Å²) in [5, 5.41) is 0. The number of carbonyl (C=O) groups excluding carboxylic acids is 2. The van der Waals surface area contributed by atoms with Gasteiger partial charge in [0.15, 0.2) is 5.78 Å². The normalized spacial score (nSPS) is 32.9. The van der Waals surface area contributed by atoms with Crippen molar-refractivity contribution < 1.29 is 9.59 Å². The summed E-state index contributed by atoms with van der Waals surface area (Å²) in [6.07, 6.45) is 4.92. The first-order chi connectivity index (χ1) is 9.40. The summed E-state index contributed by atoms with van der Waals surface area (Å²) in [7, 11) is 0. The van der Waals surface area contributed by atoms with Crippen molar-refractivity contribution >= 4 is 18.1 Å². The zero-order valence-corrected chi connectivity index (χ0v) is 12.3. The molecular formula is C18H20O2. The van der Waals surface area contributed by atoms with Gasteiger partial charge in [-0.15, -0.1) is 0 Å². The van der Waals surface area contributed by atoms with Crippen molar-refractivity contribution in [2.45, 2.75) is 33.6 Å². The summed E-state index contributed by atoms with van der Waals surface area (Å²) < 4.78 is 0. The lowest BCUT2D eigenvalue weighted by molar-refractivity contribution is -0.125. The van der Waals surface area contributed by atoms with E-state index in [4.69, 9.17) is 0 Å². The molecule has 1 aromatic carbocycles. The highest BCUT2D eigenvalue weighted by Gasteiger charge is 2.63. The number of hydrogen-bond donors (Lipinski definition) is 0. The van der Waals surface area contributed by atoms with E-state index >= 15 is 0 Å². The van der Waals surface area contributed by atoms with Crippen molar-refractivity contribution in [3.8, 4) is 0 Å². The predicted molar refractivity (Wildman–Crippen MR) is 79.4 cm³/mol. The Hall–Kier alpha value is -1.70. The average molecular weight is 268 g/mol. The van der Waals surface area contributed by atoms with Gasteiger partial charge in [-0.1, -0.05) is 39.0 Å². The van der Waals surface area contributed by atoms with Gasteiger partial charge in [-0.05, 0) is 47.5 Å². The van der Waals surface area contributed by atoms with Gasteiger partial charge in [0.25, 0.3) is 0 Å². The van der Waals surface area contributed by atoms with E-state index in [1.807, 2.05) is 24.3 Å². The van der Waals surface area contributed by atoms with Crippen LogP contribution < -0.4 is 0 Å². The molecule has 0 radical (unpaired) electrons. The molecule has 2 heteroatoms. The molecule has 0 heterocycles. The number of Topliss-reactive ketones (excluding diaryl/α,β-unsaturated/α-hetero) is 1. The second-order valence-corrected chi connectivity index (χ2v) is 6.86. The van der Waals surface area contributed by atoms with E-state index in [0.29, 0.717) is 17.3 Å². The van der Waals surface area contributed by atoms with Gasteiger partial charge in [0.2, 0.25) is 0 Å². The first-order valence-electron chi connectivity index (χ1n) is 7.22. The molecular weight excluding hydrogens is 248 g/mol. The van der Waals surface area contributed by atoms with Gasteiger partial charge >= 0.3 is 0 Å². The summed E-state index contributed by atoms with van der Waals surface area (Å²) >= 11 is 0. The van der Waals surface area contributed by atoms with Gasteiger partial charge in [-0.25, -0.2) is 0 Å². The molecule has 0 aliphatic heterocycles. The Morgan fingerprint density at radius 2 is 1.90 bits per heavy atom. The lowest BCUT2D eigenvalue weighted by Gasteiger charge is -2.31. The smallest absolute Gasteiger partial charge is 0.165 e. The number of carbonyl (C=O) groups is 2. The molecule has 3 rings (SSSR count). The third kappa shape index (κ3) is 1.57. The second kappa shape index (κ2) is 4.15. The van der Waals surface area contributed by atoms with Crippen LogP contribution in [0.25, 0.3) is 6.08 Å². The first-order valence-corrected chi connectivity index (χ1v) is 7.22. The Balaban J connectivity index is 2.05. The Kier molecular flexibility index (Phi) is 2.75. The highest BCUT2D eigenvalue weighted by atomic mass is 16.1. The lowest BCUT2D eigenvalue weighted by atomic mass is 9.70. The van der Waals surface area contributed by atoms with Crippen molar-refractivity contribution in [2.24, 2.45) is 16.7 Å². The highest BCUT2D eigenvalue weighted by Crippen LogP contribution is 2.65. The van der Waals surface area contributed by atoms with Crippen molar-refractivity contribution in [1.82, 2.24) is 0 Å². The van der Waals surface area contributed by atoms with E-state index in [1.54, 1.807) is 6.07 Å². The molecule has 2 nitrogen and oxygen atoms in total. The van der Waals surface area contributed by atoms with Crippen molar-refractivity contribution in [3.63, 3.8) is 0 Å². The van der Waals surface area contributed by atoms with Crippen molar-refractivity contribution in [1.29, 1.82) is 0 Å². The lowest BCUT2D eigenvalue weighted by Crippen LogP contribution is -2.32. The standard InChI is InChI=1S/C18H20O2/c1-17(2)15-7-8-18(17,3)16(20)14(15)10-12-5-4-6-13(9-12)11-19/h4-6,9-11,15H,7-8H2,1-3H3. The zero-order valence-electron chi connectivity index (χ0n) is 12.3. The molecule has 0 saturated heterocycles. The van der Waals surface area contributed by atoms with Gasteiger partial charge in [0, 0.05) is 11.0 Å². The molecule has 20 heavy (non-hydrogen) atoms. The number of allylic oxidation sites excluding steroid dienone is 1. The maximum atomic E-state index is 12.7. The molecule has 2 atom stereocenters. The summed E-state index contributed by atoms with van der Waals surface area (Å²) in [5.74, 6) is 0.648. The zero-order chi connectivity index (χ0) is 14.5. The fraction of sp³-hybridized carbons (Fsp3) is 0.444. The van der Waals surface area contributed by atoms with Gasteiger partial charge in [-0.2, -0.15) is 0 Å². The SMILES string of the molecule is CC12CCC(C(=Cc3cccc(C=O)c3)C1=O)C2(C)C. The summed E-state index contributed by atoms with van der Waals surface area (Å²) in [6, 6.07) is 7.44. The fourth-order valence-corrected chi connectivity index (χ4v) is 4.00. The molecule has 2 aliphatic rings. The number of hydrogen-bond acceptors (Lipinski definition) is 2. The monoisotopic (exact) mass is 268 g/mol. The highest BCUT2D eigenvalue weighted by molar-refractivity contribution is 6.08.